The summed E-state index contributed by atoms with van der Waals surface area (Å²) in [5.74, 6) is 0.802. The van der Waals surface area contributed by atoms with Crippen molar-refractivity contribution in [2.75, 3.05) is 7.11 Å². The zero-order valence-electron chi connectivity index (χ0n) is 9.36. The van der Waals surface area contributed by atoms with Crippen molar-refractivity contribution in [1.29, 1.82) is 0 Å². The highest BCUT2D eigenvalue weighted by Gasteiger charge is 2.25. The van der Waals surface area contributed by atoms with Crippen LogP contribution in [0.25, 0.3) is 0 Å². The molecule has 0 aliphatic carbocycles. The first kappa shape index (κ1) is 11.8. The van der Waals surface area contributed by atoms with E-state index in [4.69, 9.17) is 4.74 Å². The van der Waals surface area contributed by atoms with E-state index in [-0.39, 0.29) is 0 Å². The SMILES string of the molecule is C=CCC(O)(CC)c1ccc(OC)cc1. The van der Waals surface area contributed by atoms with Gasteiger partial charge in [0.05, 0.1) is 12.7 Å². The van der Waals surface area contributed by atoms with Crippen LogP contribution in [0.1, 0.15) is 25.3 Å². The molecule has 2 nitrogen and oxygen atoms in total. The summed E-state index contributed by atoms with van der Waals surface area (Å²) >= 11 is 0. The van der Waals surface area contributed by atoms with Crippen molar-refractivity contribution in [2.45, 2.75) is 25.4 Å². The van der Waals surface area contributed by atoms with Crippen LogP contribution in [0.5, 0.6) is 5.75 Å². The Labute approximate surface area is 91.2 Å². The molecular weight excluding hydrogens is 188 g/mol. The van der Waals surface area contributed by atoms with Gasteiger partial charge in [-0.15, -0.1) is 6.58 Å². The van der Waals surface area contributed by atoms with Crippen LogP contribution < -0.4 is 4.74 Å². The third-order valence-corrected chi connectivity index (χ3v) is 2.69. The lowest BCUT2D eigenvalue weighted by molar-refractivity contribution is 0.0356. The lowest BCUT2D eigenvalue weighted by atomic mass is 9.88. The Morgan fingerprint density at radius 2 is 2.00 bits per heavy atom. The third kappa shape index (κ3) is 2.60. The van der Waals surface area contributed by atoms with Gasteiger partial charge in [-0.3, -0.25) is 0 Å². The zero-order valence-corrected chi connectivity index (χ0v) is 9.36. The normalized spacial score (nSPS) is 14.3. The lowest BCUT2D eigenvalue weighted by Crippen LogP contribution is -2.23. The maximum absolute atomic E-state index is 10.3. The highest BCUT2D eigenvalue weighted by Crippen LogP contribution is 2.30. The number of ether oxygens (including phenoxy) is 1. The van der Waals surface area contributed by atoms with Crippen molar-refractivity contribution >= 4 is 0 Å². The smallest absolute Gasteiger partial charge is 0.118 e. The van der Waals surface area contributed by atoms with Gasteiger partial charge in [0.2, 0.25) is 0 Å². The monoisotopic (exact) mass is 206 g/mol. The highest BCUT2D eigenvalue weighted by molar-refractivity contribution is 5.31. The van der Waals surface area contributed by atoms with Gasteiger partial charge in [-0.05, 0) is 30.5 Å². The van der Waals surface area contributed by atoms with Crippen LogP contribution in [0.15, 0.2) is 36.9 Å². The van der Waals surface area contributed by atoms with Crippen LogP contribution >= 0.6 is 0 Å². The molecule has 0 bridgehead atoms. The summed E-state index contributed by atoms with van der Waals surface area (Å²) in [6.07, 6.45) is 2.98. The molecule has 2 heteroatoms. The molecule has 0 spiro atoms. The van der Waals surface area contributed by atoms with E-state index in [1.54, 1.807) is 13.2 Å². The van der Waals surface area contributed by atoms with Gasteiger partial charge >= 0.3 is 0 Å². The molecule has 1 aromatic rings. The van der Waals surface area contributed by atoms with Crippen LogP contribution in [-0.4, -0.2) is 12.2 Å². The van der Waals surface area contributed by atoms with Crippen LogP contribution in [-0.2, 0) is 5.60 Å². The molecule has 0 radical (unpaired) electrons. The number of aliphatic hydroxyl groups is 1. The molecule has 1 unspecified atom stereocenters. The summed E-state index contributed by atoms with van der Waals surface area (Å²) < 4.78 is 5.07. The average Bonchev–Trinajstić information content (AvgIpc) is 2.29. The quantitative estimate of drug-likeness (QED) is 0.751. The molecule has 1 atom stereocenters. The maximum Gasteiger partial charge on any atom is 0.118 e. The molecule has 0 amide bonds. The standard InChI is InChI=1S/C13H18O2/c1-4-10-13(14,5-2)11-6-8-12(15-3)9-7-11/h4,6-9,14H,1,5,10H2,2-3H3. The van der Waals surface area contributed by atoms with Gasteiger partial charge in [-0.1, -0.05) is 25.1 Å². The van der Waals surface area contributed by atoms with Crippen molar-refractivity contribution < 1.29 is 9.84 Å². The van der Waals surface area contributed by atoms with Crippen molar-refractivity contribution in [3.63, 3.8) is 0 Å². The Morgan fingerprint density at radius 3 is 2.40 bits per heavy atom. The molecule has 0 aliphatic rings. The number of hydrogen-bond acceptors (Lipinski definition) is 2. The topological polar surface area (TPSA) is 29.5 Å². The number of rotatable bonds is 5. The first-order valence-corrected chi connectivity index (χ1v) is 5.14. The molecule has 0 aliphatic heterocycles. The van der Waals surface area contributed by atoms with Gasteiger partial charge in [0.15, 0.2) is 0 Å². The molecule has 0 saturated heterocycles. The Morgan fingerprint density at radius 1 is 1.40 bits per heavy atom. The summed E-state index contributed by atoms with van der Waals surface area (Å²) in [5, 5.41) is 10.3. The molecule has 0 saturated carbocycles. The number of hydrogen-bond donors (Lipinski definition) is 1. The molecule has 15 heavy (non-hydrogen) atoms. The van der Waals surface area contributed by atoms with Crippen molar-refractivity contribution in [2.24, 2.45) is 0 Å². The Hall–Kier alpha value is -1.28. The second kappa shape index (κ2) is 4.99. The molecular formula is C13H18O2. The van der Waals surface area contributed by atoms with E-state index in [0.29, 0.717) is 12.8 Å². The summed E-state index contributed by atoms with van der Waals surface area (Å²) in [7, 11) is 1.63. The van der Waals surface area contributed by atoms with E-state index in [1.165, 1.54) is 0 Å². The second-order valence-corrected chi connectivity index (χ2v) is 3.61. The van der Waals surface area contributed by atoms with Gasteiger partial charge in [-0.2, -0.15) is 0 Å². The number of benzene rings is 1. The number of methoxy groups -OCH3 is 1. The molecule has 0 aromatic heterocycles. The fourth-order valence-corrected chi connectivity index (χ4v) is 1.61. The Balaban J connectivity index is 2.96. The molecule has 1 N–H and O–H groups in total. The van der Waals surface area contributed by atoms with Gasteiger partial charge < -0.3 is 9.84 Å². The van der Waals surface area contributed by atoms with Crippen molar-refractivity contribution in [1.82, 2.24) is 0 Å². The predicted molar refractivity (Wildman–Crippen MR) is 62.0 cm³/mol. The van der Waals surface area contributed by atoms with E-state index in [9.17, 15) is 5.11 Å². The Kier molecular flexibility index (Phi) is 3.92. The fourth-order valence-electron chi connectivity index (χ4n) is 1.61. The first-order chi connectivity index (χ1) is 7.16. The van der Waals surface area contributed by atoms with Crippen molar-refractivity contribution in [3.8, 4) is 5.75 Å². The van der Waals surface area contributed by atoms with Crippen LogP contribution in [0.2, 0.25) is 0 Å². The summed E-state index contributed by atoms with van der Waals surface area (Å²) in [5.41, 5.74) is 0.110. The van der Waals surface area contributed by atoms with Gasteiger partial charge in [-0.25, -0.2) is 0 Å². The van der Waals surface area contributed by atoms with E-state index in [1.807, 2.05) is 31.2 Å². The average molecular weight is 206 g/mol. The van der Waals surface area contributed by atoms with Crippen molar-refractivity contribution in [3.05, 3.63) is 42.5 Å². The summed E-state index contributed by atoms with van der Waals surface area (Å²) in [4.78, 5) is 0. The van der Waals surface area contributed by atoms with E-state index < -0.39 is 5.60 Å². The lowest BCUT2D eigenvalue weighted by Gasteiger charge is -2.26. The largest absolute Gasteiger partial charge is 0.497 e. The minimum Gasteiger partial charge on any atom is -0.497 e. The minimum atomic E-state index is -0.798. The third-order valence-electron chi connectivity index (χ3n) is 2.69. The second-order valence-electron chi connectivity index (χ2n) is 3.61. The van der Waals surface area contributed by atoms with Crippen LogP contribution in [0.4, 0.5) is 0 Å². The molecule has 0 fully saturated rings. The van der Waals surface area contributed by atoms with E-state index in [0.717, 1.165) is 11.3 Å². The highest BCUT2D eigenvalue weighted by atomic mass is 16.5. The van der Waals surface area contributed by atoms with E-state index in [2.05, 4.69) is 6.58 Å². The van der Waals surface area contributed by atoms with Gasteiger partial charge in [0, 0.05) is 0 Å². The molecule has 82 valence electrons. The van der Waals surface area contributed by atoms with Crippen LogP contribution in [0, 0.1) is 0 Å². The van der Waals surface area contributed by atoms with Crippen LogP contribution in [0.3, 0.4) is 0 Å². The summed E-state index contributed by atoms with van der Waals surface area (Å²) in [6.45, 7) is 5.63. The first-order valence-electron chi connectivity index (χ1n) is 5.14. The fraction of sp³-hybridized carbons (Fsp3) is 0.385. The minimum absolute atomic E-state index is 0.565. The van der Waals surface area contributed by atoms with E-state index >= 15 is 0 Å². The molecule has 1 aromatic carbocycles. The van der Waals surface area contributed by atoms with Gasteiger partial charge in [0.25, 0.3) is 0 Å². The summed E-state index contributed by atoms with van der Waals surface area (Å²) in [6, 6.07) is 7.51. The Bertz CT molecular complexity index is 316. The molecule has 0 heterocycles. The maximum atomic E-state index is 10.3. The molecule has 1 rings (SSSR count). The predicted octanol–water partition coefficient (Wildman–Crippen LogP) is 2.87. The van der Waals surface area contributed by atoms with Gasteiger partial charge in [0.1, 0.15) is 5.75 Å². The zero-order chi connectivity index (χ0) is 11.3.